The summed E-state index contributed by atoms with van der Waals surface area (Å²) in [5, 5.41) is 2.81. The van der Waals surface area contributed by atoms with Crippen molar-refractivity contribution in [2.24, 2.45) is 11.7 Å². The number of hydrogen-bond donors (Lipinski definition) is 2. The fraction of sp³-hybridized carbons (Fsp3) is 0.385. The van der Waals surface area contributed by atoms with E-state index in [4.69, 9.17) is 22.7 Å². The van der Waals surface area contributed by atoms with E-state index in [0.717, 1.165) is 10.9 Å². The van der Waals surface area contributed by atoms with Crippen molar-refractivity contribution < 1.29 is 9.53 Å². The highest BCUT2D eigenvalue weighted by Gasteiger charge is 2.21. The van der Waals surface area contributed by atoms with E-state index in [0.29, 0.717) is 17.9 Å². The largest absolute Gasteiger partial charge is 0.495 e. The zero-order valence-electron chi connectivity index (χ0n) is 10.9. The van der Waals surface area contributed by atoms with Crippen molar-refractivity contribution in [3.8, 4) is 5.75 Å². The van der Waals surface area contributed by atoms with Crippen LogP contribution in [-0.2, 0) is 4.79 Å². The zero-order chi connectivity index (χ0) is 14.4. The summed E-state index contributed by atoms with van der Waals surface area (Å²) in [6, 6.07) is 5.39. The van der Waals surface area contributed by atoms with Gasteiger partial charge in [-0.1, -0.05) is 41.5 Å². The number of thiocarbonyl (C=S) groups is 1. The highest BCUT2D eigenvalue weighted by molar-refractivity contribution is 9.10. The van der Waals surface area contributed by atoms with Crippen molar-refractivity contribution in [2.45, 2.75) is 19.8 Å². The van der Waals surface area contributed by atoms with Gasteiger partial charge in [-0.05, 0) is 24.6 Å². The van der Waals surface area contributed by atoms with E-state index in [1.165, 1.54) is 0 Å². The fourth-order valence-electron chi connectivity index (χ4n) is 1.69. The molecule has 4 nitrogen and oxygen atoms in total. The number of methoxy groups -OCH3 is 1. The summed E-state index contributed by atoms with van der Waals surface area (Å²) in [6.45, 7) is 1.98. The molecule has 19 heavy (non-hydrogen) atoms. The highest BCUT2D eigenvalue weighted by Crippen LogP contribution is 2.28. The van der Waals surface area contributed by atoms with Gasteiger partial charge in [-0.2, -0.15) is 0 Å². The van der Waals surface area contributed by atoms with Crippen LogP contribution in [0.1, 0.15) is 19.8 Å². The SMILES string of the molecule is CCCC(C(=O)Nc1cc(Br)ccc1OC)C(N)=S. The predicted molar refractivity (Wildman–Crippen MR) is 84.5 cm³/mol. The van der Waals surface area contributed by atoms with Crippen molar-refractivity contribution >= 4 is 44.7 Å². The van der Waals surface area contributed by atoms with Gasteiger partial charge < -0.3 is 15.8 Å². The number of ether oxygens (including phenoxy) is 1. The molecule has 3 N–H and O–H groups in total. The zero-order valence-corrected chi connectivity index (χ0v) is 13.3. The summed E-state index contributed by atoms with van der Waals surface area (Å²) in [4.78, 5) is 12.4. The predicted octanol–water partition coefficient (Wildman–Crippen LogP) is 3.10. The van der Waals surface area contributed by atoms with Crippen LogP contribution in [0.5, 0.6) is 5.75 Å². The molecule has 0 aliphatic heterocycles. The van der Waals surface area contributed by atoms with E-state index in [-0.39, 0.29) is 10.9 Å². The number of benzene rings is 1. The van der Waals surface area contributed by atoms with E-state index in [9.17, 15) is 4.79 Å². The Bertz CT molecular complexity index is 480. The molecule has 0 aliphatic rings. The molecule has 0 aromatic heterocycles. The minimum Gasteiger partial charge on any atom is -0.495 e. The molecule has 1 amide bonds. The number of nitrogens with two attached hydrogens (primary N) is 1. The first-order valence-corrected chi connectivity index (χ1v) is 7.13. The van der Waals surface area contributed by atoms with Gasteiger partial charge in [-0.3, -0.25) is 4.79 Å². The number of amides is 1. The first-order valence-electron chi connectivity index (χ1n) is 5.93. The van der Waals surface area contributed by atoms with E-state index in [2.05, 4.69) is 21.2 Å². The second-order valence-electron chi connectivity index (χ2n) is 4.08. The highest BCUT2D eigenvalue weighted by atomic mass is 79.9. The minimum absolute atomic E-state index is 0.203. The summed E-state index contributed by atoms with van der Waals surface area (Å²) in [7, 11) is 1.55. The molecular formula is C13H17BrN2O2S. The molecule has 0 spiro atoms. The van der Waals surface area contributed by atoms with Crippen molar-refractivity contribution in [3.63, 3.8) is 0 Å². The second kappa shape index (κ2) is 7.45. The lowest BCUT2D eigenvalue weighted by Gasteiger charge is -2.16. The van der Waals surface area contributed by atoms with Crippen LogP contribution in [0.2, 0.25) is 0 Å². The van der Waals surface area contributed by atoms with Crippen molar-refractivity contribution in [3.05, 3.63) is 22.7 Å². The maximum absolute atomic E-state index is 12.2. The summed E-state index contributed by atoms with van der Waals surface area (Å²) in [6.07, 6.45) is 1.47. The van der Waals surface area contributed by atoms with Crippen LogP contribution in [0, 0.1) is 5.92 Å². The van der Waals surface area contributed by atoms with E-state index in [1.54, 1.807) is 19.2 Å². The maximum Gasteiger partial charge on any atom is 0.234 e. The third-order valence-electron chi connectivity index (χ3n) is 2.66. The molecule has 0 heterocycles. The lowest BCUT2D eigenvalue weighted by atomic mass is 10.0. The van der Waals surface area contributed by atoms with Gasteiger partial charge in [0.15, 0.2) is 0 Å². The maximum atomic E-state index is 12.2. The van der Waals surface area contributed by atoms with Gasteiger partial charge in [0, 0.05) is 4.47 Å². The third-order valence-corrected chi connectivity index (χ3v) is 3.43. The molecule has 0 bridgehead atoms. The van der Waals surface area contributed by atoms with Crippen LogP contribution in [0.25, 0.3) is 0 Å². The number of nitrogens with one attached hydrogen (secondary N) is 1. The van der Waals surface area contributed by atoms with Gasteiger partial charge in [0.25, 0.3) is 0 Å². The molecule has 1 aromatic carbocycles. The average Bonchev–Trinajstić information content (AvgIpc) is 2.35. The summed E-state index contributed by atoms with van der Waals surface area (Å²) < 4.78 is 6.05. The van der Waals surface area contributed by atoms with Gasteiger partial charge >= 0.3 is 0 Å². The molecule has 6 heteroatoms. The van der Waals surface area contributed by atoms with Gasteiger partial charge in [0.05, 0.1) is 23.7 Å². The Morgan fingerprint density at radius 1 is 1.58 bits per heavy atom. The second-order valence-corrected chi connectivity index (χ2v) is 5.46. The molecular weight excluding hydrogens is 328 g/mol. The smallest absolute Gasteiger partial charge is 0.234 e. The normalized spacial score (nSPS) is 11.7. The van der Waals surface area contributed by atoms with Crippen LogP contribution >= 0.6 is 28.1 Å². The number of halogens is 1. The molecule has 1 unspecified atom stereocenters. The number of carbonyl (C=O) groups excluding carboxylic acids is 1. The Morgan fingerprint density at radius 2 is 2.26 bits per heavy atom. The monoisotopic (exact) mass is 344 g/mol. The summed E-state index contributed by atoms with van der Waals surface area (Å²) in [5.74, 6) is -0.0656. The molecule has 1 rings (SSSR count). The molecule has 0 saturated heterocycles. The molecule has 104 valence electrons. The molecule has 0 radical (unpaired) electrons. The van der Waals surface area contributed by atoms with Crippen molar-refractivity contribution in [2.75, 3.05) is 12.4 Å². The Kier molecular flexibility index (Phi) is 6.24. The lowest BCUT2D eigenvalue weighted by molar-refractivity contribution is -0.118. The number of anilines is 1. The Balaban J connectivity index is 2.91. The lowest BCUT2D eigenvalue weighted by Crippen LogP contribution is -2.33. The standard InChI is InChI=1S/C13H17BrN2O2S/c1-3-4-9(12(15)19)13(17)16-10-7-8(14)5-6-11(10)18-2/h5-7,9H,3-4H2,1-2H3,(H2,15,19)(H,16,17). The van der Waals surface area contributed by atoms with Crippen LogP contribution in [0.15, 0.2) is 22.7 Å². The number of rotatable bonds is 6. The van der Waals surface area contributed by atoms with Crippen LogP contribution in [0.4, 0.5) is 5.69 Å². The summed E-state index contributed by atoms with van der Waals surface area (Å²) in [5.41, 5.74) is 6.20. The molecule has 1 atom stereocenters. The quantitative estimate of drug-likeness (QED) is 0.778. The first-order chi connectivity index (χ1) is 8.99. The van der Waals surface area contributed by atoms with E-state index in [1.807, 2.05) is 13.0 Å². The van der Waals surface area contributed by atoms with Crippen LogP contribution < -0.4 is 15.8 Å². The van der Waals surface area contributed by atoms with Crippen LogP contribution in [-0.4, -0.2) is 18.0 Å². The number of hydrogen-bond acceptors (Lipinski definition) is 3. The molecule has 1 aromatic rings. The van der Waals surface area contributed by atoms with E-state index < -0.39 is 5.92 Å². The molecule has 0 saturated carbocycles. The molecule has 0 aliphatic carbocycles. The van der Waals surface area contributed by atoms with Gasteiger partial charge in [-0.15, -0.1) is 0 Å². The summed E-state index contributed by atoms with van der Waals surface area (Å²) >= 11 is 8.29. The third kappa shape index (κ3) is 4.47. The topological polar surface area (TPSA) is 64.3 Å². The Labute approximate surface area is 126 Å². The van der Waals surface area contributed by atoms with Crippen molar-refractivity contribution in [1.29, 1.82) is 0 Å². The Morgan fingerprint density at radius 3 is 2.79 bits per heavy atom. The molecule has 0 fully saturated rings. The first kappa shape index (κ1) is 15.9. The van der Waals surface area contributed by atoms with E-state index >= 15 is 0 Å². The van der Waals surface area contributed by atoms with Gasteiger partial charge in [0.1, 0.15) is 5.75 Å². The Hall–Kier alpha value is -1.14. The van der Waals surface area contributed by atoms with Gasteiger partial charge in [-0.25, -0.2) is 0 Å². The average molecular weight is 345 g/mol. The van der Waals surface area contributed by atoms with Crippen LogP contribution in [0.3, 0.4) is 0 Å². The fourth-order valence-corrected chi connectivity index (χ4v) is 2.27. The van der Waals surface area contributed by atoms with Crippen molar-refractivity contribution in [1.82, 2.24) is 0 Å². The minimum atomic E-state index is -0.455. The number of carbonyl (C=O) groups is 1. The van der Waals surface area contributed by atoms with Gasteiger partial charge in [0.2, 0.25) is 5.91 Å².